The van der Waals surface area contributed by atoms with Crippen LogP contribution in [0.2, 0.25) is 0 Å². The van der Waals surface area contributed by atoms with E-state index in [0.29, 0.717) is 12.8 Å². The molecule has 2 fully saturated rings. The van der Waals surface area contributed by atoms with Crippen molar-refractivity contribution in [3.05, 3.63) is 12.2 Å². The fourth-order valence-corrected chi connectivity index (χ4v) is 5.24. The maximum absolute atomic E-state index is 12.8. The SMILES string of the molecule is CC(C)(C/C=C/C(O)(C(F)(F)F)C(F)(F)F)C1CC[C@H]2C(=O)CCC[C@]12C. The van der Waals surface area contributed by atoms with Crippen LogP contribution in [-0.2, 0) is 4.79 Å². The molecule has 2 rings (SSSR count). The van der Waals surface area contributed by atoms with Crippen LogP contribution >= 0.6 is 0 Å². The summed E-state index contributed by atoms with van der Waals surface area (Å²) in [5.74, 6) is 0.136. The van der Waals surface area contributed by atoms with Gasteiger partial charge in [-0.25, -0.2) is 0 Å². The zero-order valence-corrected chi connectivity index (χ0v) is 15.7. The van der Waals surface area contributed by atoms with Crippen molar-refractivity contribution in [2.45, 2.75) is 77.2 Å². The Balaban J connectivity index is 2.21. The highest BCUT2D eigenvalue weighted by Crippen LogP contribution is 2.60. The second-order valence-corrected chi connectivity index (χ2v) is 8.87. The molecule has 0 aliphatic heterocycles. The van der Waals surface area contributed by atoms with Gasteiger partial charge >= 0.3 is 12.4 Å². The van der Waals surface area contributed by atoms with Gasteiger partial charge in [-0.2, -0.15) is 26.3 Å². The number of Topliss-reactive ketones (excluding diaryl/α,β-unsaturated/α-hetero) is 1. The molecule has 0 spiro atoms. The molecule has 2 nitrogen and oxygen atoms in total. The molecule has 2 saturated carbocycles. The number of carbonyl (C=O) groups excluding carboxylic acids is 1. The normalized spacial score (nSPS) is 30.8. The summed E-state index contributed by atoms with van der Waals surface area (Å²) in [4.78, 5) is 12.2. The smallest absolute Gasteiger partial charge is 0.370 e. The second kappa shape index (κ2) is 6.78. The van der Waals surface area contributed by atoms with Crippen molar-refractivity contribution < 1.29 is 36.2 Å². The fraction of sp³-hybridized carbons (Fsp3) is 0.842. The van der Waals surface area contributed by atoms with E-state index in [4.69, 9.17) is 0 Å². The summed E-state index contributed by atoms with van der Waals surface area (Å²) in [5, 5.41) is 9.24. The molecule has 0 bridgehead atoms. The Kier molecular flexibility index (Phi) is 5.58. The Morgan fingerprint density at radius 2 is 1.67 bits per heavy atom. The molecule has 0 heterocycles. The minimum Gasteiger partial charge on any atom is -0.370 e. The lowest BCUT2D eigenvalue weighted by Gasteiger charge is -2.46. The Bertz CT molecular complexity index is 590. The molecular formula is C19H26F6O2. The van der Waals surface area contributed by atoms with Gasteiger partial charge in [0.2, 0.25) is 0 Å². The van der Waals surface area contributed by atoms with E-state index >= 15 is 0 Å². The number of halogens is 6. The van der Waals surface area contributed by atoms with Gasteiger partial charge in [0.05, 0.1) is 0 Å². The lowest BCUT2D eigenvalue weighted by molar-refractivity contribution is -0.347. The number of allylic oxidation sites excluding steroid dienone is 1. The van der Waals surface area contributed by atoms with Crippen molar-refractivity contribution in [1.82, 2.24) is 0 Å². The Labute approximate surface area is 155 Å². The molecule has 0 amide bonds. The molecule has 2 aliphatic carbocycles. The molecule has 1 N–H and O–H groups in total. The summed E-state index contributed by atoms with van der Waals surface area (Å²) in [6.45, 7) is 5.61. The Morgan fingerprint density at radius 1 is 1.11 bits per heavy atom. The highest BCUT2D eigenvalue weighted by molar-refractivity contribution is 5.83. The molecule has 8 heteroatoms. The van der Waals surface area contributed by atoms with E-state index < -0.39 is 23.4 Å². The van der Waals surface area contributed by atoms with Crippen LogP contribution in [0.3, 0.4) is 0 Å². The van der Waals surface area contributed by atoms with E-state index in [1.54, 1.807) is 13.8 Å². The average molecular weight is 400 g/mol. The van der Waals surface area contributed by atoms with Crippen LogP contribution < -0.4 is 0 Å². The molecule has 3 atom stereocenters. The highest BCUT2D eigenvalue weighted by Gasteiger charge is 2.69. The average Bonchev–Trinajstić information content (AvgIpc) is 2.84. The molecular weight excluding hydrogens is 374 g/mol. The predicted molar refractivity (Wildman–Crippen MR) is 87.8 cm³/mol. The van der Waals surface area contributed by atoms with E-state index in [-0.39, 0.29) is 35.5 Å². The van der Waals surface area contributed by atoms with Crippen molar-refractivity contribution in [1.29, 1.82) is 0 Å². The van der Waals surface area contributed by atoms with Crippen LogP contribution in [0.1, 0.15) is 59.3 Å². The summed E-state index contributed by atoms with van der Waals surface area (Å²) in [7, 11) is 0. The molecule has 27 heavy (non-hydrogen) atoms. The number of alkyl halides is 6. The van der Waals surface area contributed by atoms with Gasteiger partial charge in [-0.1, -0.05) is 26.8 Å². The second-order valence-electron chi connectivity index (χ2n) is 8.87. The molecule has 0 radical (unpaired) electrons. The first-order valence-corrected chi connectivity index (χ1v) is 9.12. The zero-order chi connectivity index (χ0) is 20.9. The largest absolute Gasteiger partial charge is 0.429 e. The van der Waals surface area contributed by atoms with Crippen molar-refractivity contribution in [3.8, 4) is 0 Å². The maximum atomic E-state index is 12.8. The lowest BCUT2D eigenvalue weighted by atomic mass is 9.58. The van der Waals surface area contributed by atoms with Crippen molar-refractivity contribution in [2.75, 3.05) is 0 Å². The number of hydrogen-bond donors (Lipinski definition) is 1. The van der Waals surface area contributed by atoms with Gasteiger partial charge in [-0.15, -0.1) is 0 Å². The molecule has 156 valence electrons. The van der Waals surface area contributed by atoms with E-state index in [9.17, 15) is 36.2 Å². The molecule has 0 aromatic heterocycles. The third kappa shape index (κ3) is 3.78. The quantitative estimate of drug-likeness (QED) is 0.493. The molecule has 0 aromatic rings. The first-order valence-electron chi connectivity index (χ1n) is 9.12. The van der Waals surface area contributed by atoms with Crippen molar-refractivity contribution in [3.63, 3.8) is 0 Å². The fourth-order valence-electron chi connectivity index (χ4n) is 5.24. The number of carbonyl (C=O) groups is 1. The van der Waals surface area contributed by atoms with Crippen LogP contribution in [0.15, 0.2) is 12.2 Å². The number of hydrogen-bond acceptors (Lipinski definition) is 2. The van der Waals surface area contributed by atoms with Gasteiger partial charge in [-0.05, 0) is 54.9 Å². The molecule has 1 unspecified atom stereocenters. The van der Waals surface area contributed by atoms with E-state index in [1.165, 1.54) is 0 Å². The maximum Gasteiger partial charge on any atom is 0.429 e. The lowest BCUT2D eigenvalue weighted by Crippen LogP contribution is -2.55. The van der Waals surface area contributed by atoms with E-state index in [2.05, 4.69) is 0 Å². The first kappa shape index (κ1) is 22.2. The third-order valence-corrected chi connectivity index (χ3v) is 6.67. The van der Waals surface area contributed by atoms with Crippen LogP contribution in [-0.4, -0.2) is 28.8 Å². The van der Waals surface area contributed by atoms with Crippen molar-refractivity contribution >= 4 is 5.78 Å². The minimum absolute atomic E-state index is 0.00812. The van der Waals surface area contributed by atoms with Crippen LogP contribution in [0, 0.1) is 22.7 Å². The van der Waals surface area contributed by atoms with Gasteiger partial charge in [0.25, 0.3) is 5.60 Å². The minimum atomic E-state index is -5.86. The summed E-state index contributed by atoms with van der Waals surface area (Å²) in [6, 6.07) is 0. The van der Waals surface area contributed by atoms with Gasteiger partial charge in [0, 0.05) is 12.3 Å². The summed E-state index contributed by atoms with van der Waals surface area (Å²) in [5.41, 5.74) is -5.74. The summed E-state index contributed by atoms with van der Waals surface area (Å²) in [6.07, 6.45) is -7.61. The highest BCUT2D eigenvalue weighted by atomic mass is 19.4. The molecule has 0 saturated heterocycles. The molecule has 0 aromatic carbocycles. The van der Waals surface area contributed by atoms with Gasteiger partial charge in [0.1, 0.15) is 5.78 Å². The van der Waals surface area contributed by atoms with Gasteiger partial charge in [-0.3, -0.25) is 4.79 Å². The number of ketones is 1. The predicted octanol–water partition coefficient (Wildman–Crippen LogP) is 5.60. The van der Waals surface area contributed by atoms with Crippen LogP contribution in [0.4, 0.5) is 26.3 Å². The number of rotatable bonds is 4. The first-order chi connectivity index (χ1) is 12.1. The monoisotopic (exact) mass is 400 g/mol. The van der Waals surface area contributed by atoms with E-state index in [0.717, 1.165) is 25.3 Å². The number of aliphatic hydroxyl groups is 1. The zero-order valence-electron chi connectivity index (χ0n) is 15.7. The van der Waals surface area contributed by atoms with Gasteiger partial charge in [0.15, 0.2) is 0 Å². The topological polar surface area (TPSA) is 37.3 Å². The summed E-state index contributed by atoms with van der Waals surface area (Å²) < 4.78 is 76.7. The van der Waals surface area contributed by atoms with Gasteiger partial charge < -0.3 is 5.11 Å². The van der Waals surface area contributed by atoms with Crippen LogP contribution in [0.25, 0.3) is 0 Å². The third-order valence-electron chi connectivity index (χ3n) is 6.67. The van der Waals surface area contributed by atoms with Crippen molar-refractivity contribution in [2.24, 2.45) is 22.7 Å². The standard InChI is InChI=1S/C19H26F6O2/c1-15(2,9-5-11-17(27,18(20,21)22)19(23,24)25)14-8-7-12-13(26)6-4-10-16(12,14)3/h5,11-12,14,27H,4,6-10H2,1-3H3/b11-5+/t12-,14?,16-/m0/s1. The molecule has 2 aliphatic rings. The Hall–Kier alpha value is -1.05. The van der Waals surface area contributed by atoms with Crippen LogP contribution in [0.5, 0.6) is 0 Å². The van der Waals surface area contributed by atoms with E-state index in [1.807, 2.05) is 6.92 Å². The summed E-state index contributed by atoms with van der Waals surface area (Å²) >= 11 is 0. The number of fused-ring (bicyclic) bond motifs is 1. The Morgan fingerprint density at radius 3 is 2.19 bits per heavy atom.